The van der Waals surface area contributed by atoms with E-state index in [9.17, 15) is 17.6 Å². The summed E-state index contributed by atoms with van der Waals surface area (Å²) < 4.78 is 57.9. The fourth-order valence-corrected chi connectivity index (χ4v) is 3.09. The van der Waals surface area contributed by atoms with Gasteiger partial charge in [0.1, 0.15) is 11.6 Å². The Labute approximate surface area is 161 Å². The molecule has 1 aromatic heterocycles. The van der Waals surface area contributed by atoms with Crippen molar-refractivity contribution in [1.82, 2.24) is 4.98 Å². The zero-order chi connectivity index (χ0) is 21.3. The molecule has 0 radical (unpaired) electrons. The number of aromatic nitrogens is 1. The molecular weight excluding hydrogens is 376 g/mol. The number of nitrogens with two attached hydrogens (primary N) is 2. The normalized spacial score (nSPS) is 12.3. The van der Waals surface area contributed by atoms with Crippen molar-refractivity contribution in [1.29, 1.82) is 0 Å². The van der Waals surface area contributed by atoms with E-state index in [1.165, 1.54) is 6.07 Å². The maximum Gasteiger partial charge on any atom is 0.419 e. The summed E-state index contributed by atoms with van der Waals surface area (Å²) in [6.07, 6.45) is -4.82. The molecule has 4 N–H and O–H groups in total. The third-order valence-electron chi connectivity index (χ3n) is 4.25. The van der Waals surface area contributed by atoms with Gasteiger partial charge < -0.3 is 21.1 Å². The van der Waals surface area contributed by atoms with Crippen molar-refractivity contribution in [3.63, 3.8) is 0 Å². The van der Waals surface area contributed by atoms with Crippen LogP contribution in [0.5, 0.6) is 0 Å². The van der Waals surface area contributed by atoms with Crippen LogP contribution in [0.15, 0.2) is 24.3 Å². The van der Waals surface area contributed by atoms with Gasteiger partial charge in [0.05, 0.1) is 29.2 Å². The minimum absolute atomic E-state index is 0.0122. The summed E-state index contributed by atoms with van der Waals surface area (Å²) in [7, 11) is 3.39. The number of rotatable bonds is 6. The van der Waals surface area contributed by atoms with Gasteiger partial charge in [0, 0.05) is 31.7 Å². The van der Waals surface area contributed by atoms with Gasteiger partial charge in [0.2, 0.25) is 0 Å². The van der Waals surface area contributed by atoms with Gasteiger partial charge in [0.15, 0.2) is 0 Å². The summed E-state index contributed by atoms with van der Waals surface area (Å²) in [5, 5.41) is 0. The molecule has 0 atom stereocenters. The number of hydrogen-bond donors (Lipinski definition) is 2. The monoisotopic (exact) mass is 400 g/mol. The highest BCUT2D eigenvalue weighted by Crippen LogP contribution is 2.37. The lowest BCUT2D eigenvalue weighted by atomic mass is 9.94. The van der Waals surface area contributed by atoms with Crippen LogP contribution >= 0.6 is 0 Å². The van der Waals surface area contributed by atoms with Gasteiger partial charge in [-0.05, 0) is 24.3 Å². The Kier molecular flexibility index (Phi) is 6.08. The lowest BCUT2D eigenvalue weighted by Crippen LogP contribution is -2.35. The van der Waals surface area contributed by atoms with E-state index in [0.29, 0.717) is 24.9 Å². The zero-order valence-corrected chi connectivity index (χ0v) is 16.2. The molecule has 0 unspecified atom stereocenters. The molecule has 1 heterocycles. The largest absolute Gasteiger partial charge is 0.419 e. The standard InChI is InChI=1S/C19H24F4N4O/c1-18(2,10-28-4)9-27(3)15-8-14(26-17(25)16(15)24)11-5-6-13(20)12(7-11)19(21,22)23/h5-8H,9-10,24H2,1-4H3,(H2,25,26). The van der Waals surface area contributed by atoms with Crippen LogP contribution < -0.4 is 16.4 Å². The van der Waals surface area contributed by atoms with Crippen molar-refractivity contribution in [2.45, 2.75) is 20.0 Å². The highest BCUT2D eigenvalue weighted by Gasteiger charge is 2.34. The van der Waals surface area contributed by atoms with Crippen LogP contribution in [0.2, 0.25) is 0 Å². The van der Waals surface area contributed by atoms with Crippen LogP contribution in [0.3, 0.4) is 0 Å². The van der Waals surface area contributed by atoms with E-state index >= 15 is 0 Å². The average Bonchev–Trinajstić information content (AvgIpc) is 2.56. The predicted octanol–water partition coefficient (Wildman–Crippen LogP) is 4.18. The zero-order valence-electron chi connectivity index (χ0n) is 16.2. The molecule has 0 aliphatic carbocycles. The second-order valence-electron chi connectivity index (χ2n) is 7.47. The van der Waals surface area contributed by atoms with E-state index < -0.39 is 17.6 Å². The van der Waals surface area contributed by atoms with Crippen molar-refractivity contribution in [3.05, 3.63) is 35.6 Å². The first kappa shape index (κ1) is 21.7. The third-order valence-corrected chi connectivity index (χ3v) is 4.25. The smallest absolute Gasteiger partial charge is 0.394 e. The molecule has 2 aromatic rings. The quantitative estimate of drug-likeness (QED) is 0.712. The van der Waals surface area contributed by atoms with Crippen LogP contribution in [0.4, 0.5) is 34.8 Å². The molecule has 5 nitrogen and oxygen atoms in total. The Bertz CT molecular complexity index is 853. The van der Waals surface area contributed by atoms with Crippen molar-refractivity contribution >= 4 is 17.2 Å². The van der Waals surface area contributed by atoms with Gasteiger partial charge in [-0.15, -0.1) is 0 Å². The second-order valence-corrected chi connectivity index (χ2v) is 7.47. The topological polar surface area (TPSA) is 77.4 Å². The van der Waals surface area contributed by atoms with Crippen LogP contribution in [0, 0.1) is 11.2 Å². The Morgan fingerprint density at radius 3 is 2.36 bits per heavy atom. The highest BCUT2D eigenvalue weighted by atomic mass is 19.4. The summed E-state index contributed by atoms with van der Waals surface area (Å²) in [5.74, 6) is -1.36. The second kappa shape index (κ2) is 7.83. The van der Waals surface area contributed by atoms with Gasteiger partial charge in [-0.3, -0.25) is 0 Å². The number of pyridine rings is 1. The van der Waals surface area contributed by atoms with E-state index in [-0.39, 0.29) is 28.2 Å². The Balaban J connectivity index is 2.49. The number of alkyl halides is 3. The SMILES string of the molecule is COCC(C)(C)CN(C)c1cc(-c2ccc(F)c(C(F)(F)F)c2)nc(N)c1N. The molecule has 0 amide bonds. The number of halogens is 4. The molecule has 0 saturated carbocycles. The van der Waals surface area contributed by atoms with Gasteiger partial charge in [0.25, 0.3) is 0 Å². The molecule has 0 bridgehead atoms. The number of hydrogen-bond acceptors (Lipinski definition) is 5. The summed E-state index contributed by atoms with van der Waals surface area (Å²) in [4.78, 5) is 5.92. The van der Waals surface area contributed by atoms with Crippen LogP contribution in [-0.4, -0.2) is 32.3 Å². The Morgan fingerprint density at radius 1 is 1.14 bits per heavy atom. The van der Waals surface area contributed by atoms with Crippen molar-refractivity contribution in [2.24, 2.45) is 5.41 Å². The van der Waals surface area contributed by atoms with Crippen molar-refractivity contribution in [2.75, 3.05) is 43.7 Å². The summed E-state index contributed by atoms with van der Waals surface area (Å²) in [6, 6.07) is 4.24. The van der Waals surface area contributed by atoms with E-state index in [1.807, 2.05) is 18.7 Å². The number of nitrogens with zero attached hydrogens (tertiary/aromatic N) is 2. The number of anilines is 3. The van der Waals surface area contributed by atoms with E-state index in [0.717, 1.165) is 6.07 Å². The maximum absolute atomic E-state index is 13.6. The molecule has 154 valence electrons. The van der Waals surface area contributed by atoms with Gasteiger partial charge in [-0.1, -0.05) is 13.8 Å². The highest BCUT2D eigenvalue weighted by molar-refractivity contribution is 5.82. The molecule has 2 rings (SSSR count). The van der Waals surface area contributed by atoms with Crippen molar-refractivity contribution in [3.8, 4) is 11.3 Å². The van der Waals surface area contributed by atoms with Gasteiger partial charge in [-0.25, -0.2) is 9.37 Å². The summed E-state index contributed by atoms with van der Waals surface area (Å²) in [6.45, 7) is 5.05. The molecule has 0 saturated heterocycles. The lowest BCUT2D eigenvalue weighted by Gasteiger charge is -2.32. The Morgan fingerprint density at radius 2 is 1.79 bits per heavy atom. The minimum Gasteiger partial charge on any atom is -0.394 e. The van der Waals surface area contributed by atoms with Crippen LogP contribution in [0.25, 0.3) is 11.3 Å². The van der Waals surface area contributed by atoms with Crippen LogP contribution in [0.1, 0.15) is 19.4 Å². The molecule has 0 spiro atoms. The van der Waals surface area contributed by atoms with Crippen LogP contribution in [-0.2, 0) is 10.9 Å². The maximum atomic E-state index is 13.6. The first-order chi connectivity index (χ1) is 12.9. The number of benzene rings is 1. The van der Waals surface area contributed by atoms with Gasteiger partial charge in [-0.2, -0.15) is 13.2 Å². The first-order valence-electron chi connectivity index (χ1n) is 8.49. The van der Waals surface area contributed by atoms with Gasteiger partial charge >= 0.3 is 6.18 Å². The molecule has 0 aliphatic heterocycles. The molecule has 0 fully saturated rings. The summed E-state index contributed by atoms with van der Waals surface area (Å²) in [5.41, 5.74) is 11.4. The van der Waals surface area contributed by atoms with E-state index in [4.69, 9.17) is 16.2 Å². The molecule has 9 heteroatoms. The predicted molar refractivity (Wildman–Crippen MR) is 102 cm³/mol. The Hall–Kier alpha value is -2.55. The molecular formula is C19H24F4N4O. The summed E-state index contributed by atoms with van der Waals surface area (Å²) >= 11 is 0. The molecule has 1 aromatic carbocycles. The van der Waals surface area contributed by atoms with Crippen molar-refractivity contribution < 1.29 is 22.3 Å². The fraction of sp³-hybridized carbons (Fsp3) is 0.421. The minimum atomic E-state index is -4.82. The molecule has 28 heavy (non-hydrogen) atoms. The fourth-order valence-electron chi connectivity index (χ4n) is 3.09. The lowest BCUT2D eigenvalue weighted by molar-refractivity contribution is -0.139. The third kappa shape index (κ3) is 4.83. The number of ether oxygens (including phenoxy) is 1. The first-order valence-corrected chi connectivity index (χ1v) is 8.49. The number of nitrogen functional groups attached to an aromatic ring is 2. The number of methoxy groups -OCH3 is 1. The molecule has 0 aliphatic rings. The average molecular weight is 400 g/mol. The van der Waals surface area contributed by atoms with E-state index in [2.05, 4.69) is 4.98 Å². The van der Waals surface area contributed by atoms with E-state index in [1.54, 1.807) is 20.2 Å².